The van der Waals surface area contributed by atoms with Gasteiger partial charge in [0.15, 0.2) is 0 Å². The quantitative estimate of drug-likeness (QED) is 0.754. The average Bonchev–Trinajstić information content (AvgIpc) is 1.99. The van der Waals surface area contributed by atoms with Crippen LogP contribution in [0.3, 0.4) is 0 Å². The smallest absolute Gasteiger partial charge is 0.125 e. The number of rotatable bonds is 3. The van der Waals surface area contributed by atoms with E-state index in [4.69, 9.17) is 4.74 Å². The zero-order valence-electron chi connectivity index (χ0n) is 10.1. The first-order valence-electron chi connectivity index (χ1n) is 5.16. The molecule has 0 radical (unpaired) electrons. The average molecular weight is 271 g/mol. The fourth-order valence-corrected chi connectivity index (χ4v) is 2.22. The van der Waals surface area contributed by atoms with E-state index >= 15 is 0 Å². The molecule has 0 saturated heterocycles. The number of aryl methyl sites for hydroxylation is 2. The van der Waals surface area contributed by atoms with Crippen molar-refractivity contribution in [1.29, 1.82) is 0 Å². The van der Waals surface area contributed by atoms with Gasteiger partial charge in [-0.1, -0.05) is 33.6 Å². The molecule has 1 aromatic carbocycles. The molecule has 0 heterocycles. The number of methoxy groups -OCH3 is 1. The van der Waals surface area contributed by atoms with E-state index in [2.05, 4.69) is 55.8 Å². The van der Waals surface area contributed by atoms with Gasteiger partial charge in [0.1, 0.15) is 5.75 Å². The van der Waals surface area contributed by atoms with E-state index < -0.39 is 0 Å². The molecule has 1 nitrogen and oxygen atoms in total. The molecule has 0 fully saturated rings. The molecule has 0 aliphatic carbocycles. The SMILES string of the molecule is COc1c(C)cc(C)cc1CC(C)(C)Br. The van der Waals surface area contributed by atoms with Gasteiger partial charge in [-0.3, -0.25) is 0 Å². The minimum atomic E-state index is 0.112. The fourth-order valence-electron chi connectivity index (χ4n) is 1.92. The Morgan fingerprint density at radius 1 is 1.27 bits per heavy atom. The fraction of sp³-hybridized carbons (Fsp3) is 0.538. The van der Waals surface area contributed by atoms with Crippen molar-refractivity contribution in [2.75, 3.05) is 7.11 Å². The Labute approximate surface area is 101 Å². The molecular weight excluding hydrogens is 252 g/mol. The van der Waals surface area contributed by atoms with Crippen molar-refractivity contribution in [1.82, 2.24) is 0 Å². The van der Waals surface area contributed by atoms with Crippen molar-refractivity contribution >= 4 is 15.9 Å². The highest BCUT2D eigenvalue weighted by Gasteiger charge is 2.17. The Balaban J connectivity index is 3.15. The third-order valence-electron chi connectivity index (χ3n) is 2.31. The topological polar surface area (TPSA) is 9.23 Å². The molecule has 1 rings (SSSR count). The maximum atomic E-state index is 5.46. The summed E-state index contributed by atoms with van der Waals surface area (Å²) in [6, 6.07) is 4.36. The Bertz CT molecular complexity index is 350. The molecule has 0 saturated carbocycles. The Morgan fingerprint density at radius 3 is 2.33 bits per heavy atom. The minimum Gasteiger partial charge on any atom is -0.496 e. The lowest BCUT2D eigenvalue weighted by Crippen LogP contribution is -2.14. The van der Waals surface area contributed by atoms with Crippen LogP contribution in [0.2, 0.25) is 0 Å². The van der Waals surface area contributed by atoms with E-state index in [-0.39, 0.29) is 4.32 Å². The number of benzene rings is 1. The van der Waals surface area contributed by atoms with E-state index in [0.717, 1.165) is 12.2 Å². The molecule has 15 heavy (non-hydrogen) atoms. The van der Waals surface area contributed by atoms with Gasteiger partial charge in [-0.2, -0.15) is 0 Å². The number of halogens is 1. The van der Waals surface area contributed by atoms with Crippen LogP contribution in [-0.4, -0.2) is 11.4 Å². The maximum absolute atomic E-state index is 5.46. The van der Waals surface area contributed by atoms with Gasteiger partial charge in [-0.05, 0) is 45.2 Å². The molecule has 0 amide bonds. The highest BCUT2D eigenvalue weighted by molar-refractivity contribution is 9.10. The number of hydrogen-bond donors (Lipinski definition) is 0. The van der Waals surface area contributed by atoms with E-state index in [1.165, 1.54) is 16.7 Å². The number of hydrogen-bond acceptors (Lipinski definition) is 1. The highest BCUT2D eigenvalue weighted by atomic mass is 79.9. The summed E-state index contributed by atoms with van der Waals surface area (Å²) in [6.07, 6.45) is 0.971. The van der Waals surface area contributed by atoms with Crippen LogP contribution in [0.5, 0.6) is 5.75 Å². The largest absolute Gasteiger partial charge is 0.496 e. The lowest BCUT2D eigenvalue weighted by molar-refractivity contribution is 0.405. The third kappa shape index (κ3) is 3.53. The molecule has 0 N–H and O–H groups in total. The van der Waals surface area contributed by atoms with Gasteiger partial charge in [0.05, 0.1) is 7.11 Å². The van der Waals surface area contributed by atoms with Crippen molar-refractivity contribution in [2.45, 2.75) is 38.4 Å². The molecule has 0 spiro atoms. The molecule has 84 valence electrons. The lowest BCUT2D eigenvalue weighted by atomic mass is 9.97. The van der Waals surface area contributed by atoms with Gasteiger partial charge >= 0.3 is 0 Å². The van der Waals surface area contributed by atoms with Gasteiger partial charge in [-0.25, -0.2) is 0 Å². The van der Waals surface area contributed by atoms with E-state index in [1.807, 2.05) is 0 Å². The van der Waals surface area contributed by atoms with Crippen LogP contribution in [0.15, 0.2) is 12.1 Å². The highest BCUT2D eigenvalue weighted by Crippen LogP contribution is 2.31. The van der Waals surface area contributed by atoms with Gasteiger partial charge < -0.3 is 4.74 Å². The zero-order chi connectivity index (χ0) is 11.6. The Kier molecular flexibility index (Phi) is 3.82. The van der Waals surface area contributed by atoms with Gasteiger partial charge in [0.2, 0.25) is 0 Å². The van der Waals surface area contributed by atoms with Crippen LogP contribution < -0.4 is 4.74 Å². The van der Waals surface area contributed by atoms with Crippen molar-refractivity contribution in [3.05, 3.63) is 28.8 Å². The predicted molar refractivity (Wildman–Crippen MR) is 69.2 cm³/mol. The summed E-state index contributed by atoms with van der Waals surface area (Å²) in [6.45, 7) is 8.56. The molecule has 0 bridgehead atoms. The summed E-state index contributed by atoms with van der Waals surface area (Å²) < 4.78 is 5.57. The first kappa shape index (κ1) is 12.6. The van der Waals surface area contributed by atoms with Crippen LogP contribution in [-0.2, 0) is 6.42 Å². The molecule has 0 aliphatic rings. The summed E-state index contributed by atoms with van der Waals surface area (Å²) in [5.74, 6) is 1.02. The molecule has 0 atom stereocenters. The monoisotopic (exact) mass is 270 g/mol. The van der Waals surface area contributed by atoms with Crippen LogP contribution >= 0.6 is 15.9 Å². The van der Waals surface area contributed by atoms with Crippen molar-refractivity contribution < 1.29 is 4.74 Å². The van der Waals surface area contributed by atoms with Crippen molar-refractivity contribution in [3.63, 3.8) is 0 Å². The normalized spacial score (nSPS) is 11.6. The van der Waals surface area contributed by atoms with Crippen LogP contribution in [0.1, 0.15) is 30.5 Å². The Morgan fingerprint density at radius 2 is 1.87 bits per heavy atom. The summed E-state index contributed by atoms with van der Waals surface area (Å²) in [7, 11) is 1.74. The number of ether oxygens (including phenoxy) is 1. The molecule has 1 aromatic rings. The van der Waals surface area contributed by atoms with Crippen LogP contribution in [0, 0.1) is 13.8 Å². The number of alkyl halides is 1. The third-order valence-corrected chi connectivity index (χ3v) is 2.59. The second-order valence-corrected chi connectivity index (χ2v) is 6.82. The standard InChI is InChI=1S/C13H19BrO/c1-9-6-10(2)12(15-5)11(7-9)8-13(3,4)14/h6-7H,8H2,1-5H3. The Hall–Kier alpha value is -0.500. The zero-order valence-corrected chi connectivity index (χ0v) is 11.7. The summed E-state index contributed by atoms with van der Waals surface area (Å²) in [4.78, 5) is 0. The van der Waals surface area contributed by atoms with Gasteiger partial charge in [0.25, 0.3) is 0 Å². The van der Waals surface area contributed by atoms with Gasteiger partial charge in [-0.15, -0.1) is 0 Å². The second kappa shape index (κ2) is 4.56. The predicted octanol–water partition coefficient (Wildman–Crippen LogP) is 4.03. The van der Waals surface area contributed by atoms with E-state index in [1.54, 1.807) is 7.11 Å². The molecule has 0 unspecified atom stereocenters. The second-order valence-electron chi connectivity index (χ2n) is 4.67. The summed E-state index contributed by atoms with van der Waals surface area (Å²) in [5.41, 5.74) is 3.78. The van der Waals surface area contributed by atoms with Crippen molar-refractivity contribution in [2.24, 2.45) is 0 Å². The molecular formula is C13H19BrO. The molecule has 2 heteroatoms. The lowest BCUT2D eigenvalue weighted by Gasteiger charge is -2.19. The summed E-state index contributed by atoms with van der Waals surface area (Å²) >= 11 is 3.67. The van der Waals surface area contributed by atoms with E-state index in [9.17, 15) is 0 Å². The first-order valence-corrected chi connectivity index (χ1v) is 5.96. The summed E-state index contributed by atoms with van der Waals surface area (Å²) in [5, 5.41) is 0. The molecule has 0 aliphatic heterocycles. The maximum Gasteiger partial charge on any atom is 0.125 e. The van der Waals surface area contributed by atoms with Crippen LogP contribution in [0.25, 0.3) is 0 Å². The molecule has 0 aromatic heterocycles. The minimum absolute atomic E-state index is 0.112. The van der Waals surface area contributed by atoms with Crippen LogP contribution in [0.4, 0.5) is 0 Å². The van der Waals surface area contributed by atoms with Crippen molar-refractivity contribution in [3.8, 4) is 5.75 Å². The first-order chi connectivity index (χ1) is 6.83. The van der Waals surface area contributed by atoms with Gasteiger partial charge in [0, 0.05) is 4.32 Å². The van der Waals surface area contributed by atoms with E-state index in [0.29, 0.717) is 0 Å².